The predicted molar refractivity (Wildman–Crippen MR) is 73.1 cm³/mol. The van der Waals surface area contributed by atoms with Crippen LogP contribution in [0.15, 0.2) is 36.4 Å². The Morgan fingerprint density at radius 2 is 1.81 bits per heavy atom. The third-order valence-corrected chi connectivity index (χ3v) is 3.25. The van der Waals surface area contributed by atoms with Crippen LogP contribution in [0, 0.1) is 17.1 Å². The van der Waals surface area contributed by atoms with Gasteiger partial charge in [-0.3, -0.25) is 9.59 Å². The Hall–Kier alpha value is -3.20. The Kier molecular flexibility index (Phi) is 2.70. The molecule has 1 heterocycles. The molecule has 0 unspecified atom stereocenters. The number of fused-ring (bicyclic) bond motifs is 1. The van der Waals surface area contributed by atoms with Crippen molar-refractivity contribution in [2.45, 2.75) is 0 Å². The molecule has 0 bridgehead atoms. The van der Waals surface area contributed by atoms with Crippen LogP contribution in [0.4, 0.5) is 15.8 Å². The molecule has 0 radical (unpaired) electrons. The summed E-state index contributed by atoms with van der Waals surface area (Å²) in [4.78, 5) is 25.5. The average Bonchev–Trinajstić information content (AvgIpc) is 2.70. The minimum Gasteiger partial charge on any atom is -0.399 e. The van der Waals surface area contributed by atoms with Gasteiger partial charge in [-0.15, -0.1) is 0 Å². The summed E-state index contributed by atoms with van der Waals surface area (Å²) >= 11 is 0. The molecule has 6 heteroatoms. The molecular weight excluding hydrogens is 273 g/mol. The molecule has 2 aromatic carbocycles. The zero-order valence-corrected chi connectivity index (χ0v) is 10.6. The van der Waals surface area contributed by atoms with Crippen molar-refractivity contribution in [2.75, 3.05) is 10.6 Å². The van der Waals surface area contributed by atoms with Gasteiger partial charge in [0.05, 0.1) is 16.8 Å². The van der Waals surface area contributed by atoms with E-state index in [1.54, 1.807) is 6.07 Å². The lowest BCUT2D eigenvalue weighted by molar-refractivity contribution is 0.0926. The first kappa shape index (κ1) is 12.8. The molecular formula is C15H8FN3O2. The van der Waals surface area contributed by atoms with Gasteiger partial charge in [0, 0.05) is 5.69 Å². The highest BCUT2D eigenvalue weighted by molar-refractivity contribution is 6.35. The number of hydrogen-bond acceptors (Lipinski definition) is 4. The Morgan fingerprint density at radius 3 is 2.52 bits per heavy atom. The van der Waals surface area contributed by atoms with E-state index < -0.39 is 17.6 Å². The number of carbonyl (C=O) groups is 2. The number of carbonyl (C=O) groups excluding carboxylic acids is 2. The fourth-order valence-electron chi connectivity index (χ4n) is 2.29. The average molecular weight is 281 g/mol. The number of benzene rings is 2. The van der Waals surface area contributed by atoms with Crippen molar-refractivity contribution >= 4 is 23.2 Å². The van der Waals surface area contributed by atoms with Crippen molar-refractivity contribution in [1.82, 2.24) is 0 Å². The van der Waals surface area contributed by atoms with Gasteiger partial charge < -0.3 is 5.73 Å². The molecule has 0 fully saturated rings. The van der Waals surface area contributed by atoms with Crippen LogP contribution < -0.4 is 10.6 Å². The van der Waals surface area contributed by atoms with E-state index >= 15 is 0 Å². The highest BCUT2D eigenvalue weighted by atomic mass is 19.1. The molecule has 0 atom stereocenters. The number of halogens is 1. The maximum Gasteiger partial charge on any atom is 0.266 e. The van der Waals surface area contributed by atoms with Crippen molar-refractivity contribution in [1.29, 1.82) is 5.26 Å². The molecule has 2 amide bonds. The second-order valence-electron chi connectivity index (χ2n) is 4.50. The SMILES string of the molecule is N#Cc1c(F)cccc1N1C(=O)c2ccc(N)cc2C1=O. The molecule has 0 aromatic heterocycles. The number of hydrogen-bond donors (Lipinski definition) is 1. The molecule has 0 aliphatic carbocycles. The van der Waals surface area contributed by atoms with E-state index in [0.717, 1.165) is 11.0 Å². The van der Waals surface area contributed by atoms with Gasteiger partial charge in [-0.1, -0.05) is 6.07 Å². The number of nitrogens with zero attached hydrogens (tertiary/aromatic N) is 2. The maximum absolute atomic E-state index is 13.7. The predicted octanol–water partition coefficient (Wildman–Crippen LogP) is 2.08. The molecule has 21 heavy (non-hydrogen) atoms. The first-order chi connectivity index (χ1) is 10.0. The van der Waals surface area contributed by atoms with E-state index in [9.17, 15) is 14.0 Å². The fraction of sp³-hybridized carbons (Fsp3) is 0. The normalized spacial score (nSPS) is 13.2. The molecule has 5 nitrogen and oxygen atoms in total. The Bertz CT molecular complexity index is 839. The second kappa shape index (κ2) is 4.42. The minimum absolute atomic E-state index is 0.0673. The van der Waals surface area contributed by atoms with Crippen molar-refractivity contribution in [2.24, 2.45) is 0 Å². The van der Waals surface area contributed by atoms with Crippen molar-refractivity contribution in [3.63, 3.8) is 0 Å². The largest absolute Gasteiger partial charge is 0.399 e. The van der Waals surface area contributed by atoms with Gasteiger partial charge >= 0.3 is 0 Å². The van der Waals surface area contributed by atoms with Crippen LogP contribution in [0.2, 0.25) is 0 Å². The molecule has 2 N–H and O–H groups in total. The lowest BCUT2D eigenvalue weighted by atomic mass is 10.1. The summed E-state index contributed by atoms with van der Waals surface area (Å²) in [5.41, 5.74) is 5.87. The van der Waals surface area contributed by atoms with Gasteiger partial charge in [-0.2, -0.15) is 5.26 Å². The standard InChI is InChI=1S/C15H8FN3O2/c16-12-2-1-3-13(11(12)7-17)19-14(20)9-5-4-8(18)6-10(9)15(19)21/h1-6H,18H2. The summed E-state index contributed by atoms with van der Waals surface area (Å²) in [7, 11) is 0. The van der Waals surface area contributed by atoms with Crippen LogP contribution in [-0.2, 0) is 0 Å². The number of anilines is 2. The number of imide groups is 1. The Balaban J connectivity index is 2.20. The molecule has 1 aliphatic heterocycles. The number of nitrogen functional groups attached to an aromatic ring is 1. The highest BCUT2D eigenvalue weighted by Crippen LogP contribution is 2.32. The topological polar surface area (TPSA) is 87.2 Å². The summed E-state index contributed by atoms with van der Waals surface area (Å²) in [5, 5.41) is 9.03. The molecule has 1 aliphatic rings. The first-order valence-corrected chi connectivity index (χ1v) is 6.01. The van der Waals surface area contributed by atoms with E-state index in [0.29, 0.717) is 5.69 Å². The maximum atomic E-state index is 13.7. The van der Waals surface area contributed by atoms with Crippen molar-refractivity contribution < 1.29 is 14.0 Å². The van der Waals surface area contributed by atoms with Crippen LogP contribution in [0.3, 0.4) is 0 Å². The third-order valence-electron chi connectivity index (χ3n) is 3.25. The van der Waals surface area contributed by atoms with Gasteiger partial charge in [-0.25, -0.2) is 9.29 Å². The molecule has 102 valence electrons. The van der Waals surface area contributed by atoms with Gasteiger partial charge in [0.15, 0.2) is 0 Å². The van der Waals surface area contributed by atoms with Gasteiger partial charge in [0.1, 0.15) is 17.4 Å². The van der Waals surface area contributed by atoms with E-state index in [1.807, 2.05) is 0 Å². The Morgan fingerprint density at radius 1 is 1.10 bits per heavy atom. The molecule has 3 rings (SSSR count). The van der Waals surface area contributed by atoms with Gasteiger partial charge in [0.2, 0.25) is 0 Å². The number of nitriles is 1. The zero-order valence-electron chi connectivity index (χ0n) is 10.6. The monoisotopic (exact) mass is 281 g/mol. The van der Waals surface area contributed by atoms with E-state index in [-0.39, 0.29) is 22.4 Å². The number of amides is 2. The number of nitrogens with two attached hydrogens (primary N) is 1. The van der Waals surface area contributed by atoms with E-state index in [1.165, 1.54) is 30.3 Å². The number of rotatable bonds is 1. The summed E-state index contributed by atoms with van der Waals surface area (Å²) in [5.74, 6) is -2.01. The van der Waals surface area contributed by atoms with Gasteiger partial charge in [0.25, 0.3) is 11.8 Å². The Labute approximate surface area is 119 Å². The summed E-state index contributed by atoms with van der Waals surface area (Å²) < 4.78 is 13.7. The van der Waals surface area contributed by atoms with Crippen LogP contribution in [0.1, 0.15) is 26.3 Å². The smallest absolute Gasteiger partial charge is 0.266 e. The molecule has 2 aromatic rings. The van der Waals surface area contributed by atoms with E-state index in [4.69, 9.17) is 11.0 Å². The third kappa shape index (κ3) is 1.75. The van der Waals surface area contributed by atoms with E-state index in [2.05, 4.69) is 0 Å². The fourth-order valence-corrected chi connectivity index (χ4v) is 2.29. The van der Waals surface area contributed by atoms with Crippen LogP contribution in [-0.4, -0.2) is 11.8 Å². The highest BCUT2D eigenvalue weighted by Gasteiger charge is 2.38. The lowest BCUT2D eigenvalue weighted by Gasteiger charge is -2.15. The van der Waals surface area contributed by atoms with Crippen LogP contribution in [0.25, 0.3) is 0 Å². The molecule has 0 saturated carbocycles. The summed E-state index contributed by atoms with van der Waals surface area (Å²) in [6.45, 7) is 0. The molecule has 0 saturated heterocycles. The molecule has 0 spiro atoms. The second-order valence-corrected chi connectivity index (χ2v) is 4.50. The minimum atomic E-state index is -0.786. The van der Waals surface area contributed by atoms with Crippen molar-refractivity contribution in [3.05, 3.63) is 58.9 Å². The zero-order chi connectivity index (χ0) is 15.1. The quantitative estimate of drug-likeness (QED) is 0.640. The lowest BCUT2D eigenvalue weighted by Crippen LogP contribution is -2.30. The summed E-state index contributed by atoms with van der Waals surface area (Å²) in [6, 6.07) is 9.79. The van der Waals surface area contributed by atoms with Crippen LogP contribution >= 0.6 is 0 Å². The van der Waals surface area contributed by atoms with Crippen LogP contribution in [0.5, 0.6) is 0 Å². The first-order valence-electron chi connectivity index (χ1n) is 6.01. The van der Waals surface area contributed by atoms with Crippen molar-refractivity contribution in [3.8, 4) is 6.07 Å². The summed E-state index contributed by atoms with van der Waals surface area (Å²) in [6.07, 6.45) is 0. The van der Waals surface area contributed by atoms with Gasteiger partial charge in [-0.05, 0) is 30.3 Å².